The van der Waals surface area contributed by atoms with Gasteiger partial charge in [-0.3, -0.25) is 0 Å². The Morgan fingerprint density at radius 2 is 2.12 bits per heavy atom. The molecule has 1 saturated heterocycles. The minimum atomic E-state index is -0.0981. The van der Waals surface area contributed by atoms with Crippen molar-refractivity contribution in [3.8, 4) is 0 Å². The zero-order chi connectivity index (χ0) is 11.5. The third-order valence-electron chi connectivity index (χ3n) is 3.03. The van der Waals surface area contributed by atoms with Crippen LogP contribution in [-0.4, -0.2) is 18.2 Å². The predicted octanol–water partition coefficient (Wildman–Crippen LogP) is 3.93. The highest BCUT2D eigenvalue weighted by atomic mass is 35.5. The highest BCUT2D eigenvalue weighted by molar-refractivity contribution is 6.31. The third kappa shape index (κ3) is 2.50. The Morgan fingerprint density at radius 3 is 2.75 bits per heavy atom. The predicted molar refractivity (Wildman–Crippen MR) is 66.3 cm³/mol. The van der Waals surface area contributed by atoms with Crippen molar-refractivity contribution in [2.24, 2.45) is 0 Å². The molecule has 1 fully saturated rings. The van der Waals surface area contributed by atoms with E-state index in [1.165, 1.54) is 5.56 Å². The molecule has 0 amide bonds. The molecule has 0 spiro atoms. The van der Waals surface area contributed by atoms with Crippen molar-refractivity contribution >= 4 is 23.2 Å². The van der Waals surface area contributed by atoms with Crippen LogP contribution in [0.25, 0.3) is 0 Å². The Hall–Kier alpha value is -0.310. The second-order valence-electron chi connectivity index (χ2n) is 4.11. The zero-order valence-corrected chi connectivity index (χ0v) is 10.8. The van der Waals surface area contributed by atoms with Crippen molar-refractivity contribution in [2.75, 3.05) is 13.2 Å². The number of aromatic nitrogens is 1. The molecule has 0 radical (unpaired) electrons. The molecule has 0 N–H and O–H groups in total. The van der Waals surface area contributed by atoms with Gasteiger partial charge >= 0.3 is 0 Å². The van der Waals surface area contributed by atoms with Gasteiger partial charge < -0.3 is 4.74 Å². The molecule has 4 heteroatoms. The minimum absolute atomic E-state index is 0.0981. The minimum Gasteiger partial charge on any atom is -0.381 e. The number of hydrogen-bond donors (Lipinski definition) is 0. The third-order valence-corrected chi connectivity index (χ3v) is 3.55. The molecule has 88 valence electrons. The van der Waals surface area contributed by atoms with E-state index in [0.29, 0.717) is 11.1 Å². The summed E-state index contributed by atoms with van der Waals surface area (Å²) >= 11 is 12.3. The van der Waals surface area contributed by atoms with E-state index in [2.05, 4.69) is 4.98 Å². The van der Waals surface area contributed by atoms with Crippen LogP contribution in [-0.2, 0) is 4.74 Å². The second-order valence-corrected chi connectivity index (χ2v) is 5.12. The maximum absolute atomic E-state index is 6.18. The molecule has 0 bridgehead atoms. The van der Waals surface area contributed by atoms with Crippen molar-refractivity contribution in [1.82, 2.24) is 4.98 Å². The molecule has 1 atom stereocenters. The van der Waals surface area contributed by atoms with Crippen LogP contribution in [0.4, 0.5) is 0 Å². The van der Waals surface area contributed by atoms with Crippen LogP contribution in [0.3, 0.4) is 0 Å². The highest BCUT2D eigenvalue weighted by Gasteiger charge is 2.22. The van der Waals surface area contributed by atoms with Gasteiger partial charge in [-0.2, -0.15) is 0 Å². The van der Waals surface area contributed by atoms with Crippen LogP contribution in [0.2, 0.25) is 5.15 Å². The standard InChI is InChI=1S/C12H15Cl2NO/c1-8(13)11-10(2-5-15-12(11)14)9-3-6-16-7-4-9/h2,5,8-9H,3-4,6-7H2,1H3. The first-order valence-corrected chi connectivity index (χ1v) is 6.37. The molecule has 1 aliphatic rings. The van der Waals surface area contributed by atoms with Crippen LogP contribution in [0.15, 0.2) is 12.3 Å². The molecule has 0 aliphatic carbocycles. The van der Waals surface area contributed by atoms with E-state index >= 15 is 0 Å². The fraction of sp³-hybridized carbons (Fsp3) is 0.583. The molecular weight excluding hydrogens is 245 g/mol. The molecule has 1 aromatic heterocycles. The molecule has 1 aromatic rings. The summed E-state index contributed by atoms with van der Waals surface area (Å²) in [5, 5.41) is 0.436. The Kier molecular flexibility index (Phi) is 4.06. The maximum Gasteiger partial charge on any atom is 0.133 e. The summed E-state index contributed by atoms with van der Waals surface area (Å²) in [5.41, 5.74) is 2.23. The first-order valence-electron chi connectivity index (χ1n) is 5.56. The van der Waals surface area contributed by atoms with Gasteiger partial charge in [0.15, 0.2) is 0 Å². The molecule has 1 unspecified atom stereocenters. The molecule has 2 rings (SSSR count). The van der Waals surface area contributed by atoms with Gasteiger partial charge in [-0.1, -0.05) is 11.6 Å². The fourth-order valence-corrected chi connectivity index (χ4v) is 2.83. The smallest absolute Gasteiger partial charge is 0.133 e. The van der Waals surface area contributed by atoms with Crippen molar-refractivity contribution in [1.29, 1.82) is 0 Å². The topological polar surface area (TPSA) is 22.1 Å². The van der Waals surface area contributed by atoms with Gasteiger partial charge in [0.1, 0.15) is 5.15 Å². The number of hydrogen-bond acceptors (Lipinski definition) is 2. The first kappa shape index (κ1) is 12.2. The molecule has 2 nitrogen and oxygen atoms in total. The Labute approximate surface area is 106 Å². The average Bonchev–Trinajstić information content (AvgIpc) is 2.29. The number of nitrogens with zero attached hydrogens (tertiary/aromatic N) is 1. The summed E-state index contributed by atoms with van der Waals surface area (Å²) < 4.78 is 5.37. The molecule has 1 aliphatic heterocycles. The van der Waals surface area contributed by atoms with Gasteiger partial charge in [-0.25, -0.2) is 4.98 Å². The van der Waals surface area contributed by atoms with E-state index in [-0.39, 0.29) is 5.38 Å². The van der Waals surface area contributed by atoms with Crippen LogP contribution in [0.5, 0.6) is 0 Å². The van der Waals surface area contributed by atoms with Crippen LogP contribution < -0.4 is 0 Å². The molecule has 2 heterocycles. The number of alkyl halides is 1. The van der Waals surface area contributed by atoms with Crippen LogP contribution >= 0.6 is 23.2 Å². The van der Waals surface area contributed by atoms with Crippen LogP contribution in [0, 0.1) is 0 Å². The van der Waals surface area contributed by atoms with E-state index in [0.717, 1.165) is 31.6 Å². The number of rotatable bonds is 2. The molecule has 16 heavy (non-hydrogen) atoms. The van der Waals surface area contributed by atoms with Gasteiger partial charge in [-0.15, -0.1) is 11.6 Å². The number of pyridine rings is 1. The van der Waals surface area contributed by atoms with Crippen molar-refractivity contribution in [3.63, 3.8) is 0 Å². The largest absolute Gasteiger partial charge is 0.381 e. The summed E-state index contributed by atoms with van der Waals surface area (Å²) in [4.78, 5) is 4.11. The van der Waals surface area contributed by atoms with E-state index in [1.54, 1.807) is 6.20 Å². The molecular formula is C12H15Cl2NO. The van der Waals surface area contributed by atoms with Gasteiger partial charge in [0.2, 0.25) is 0 Å². The maximum atomic E-state index is 6.18. The fourth-order valence-electron chi connectivity index (χ4n) is 2.22. The average molecular weight is 260 g/mol. The lowest BCUT2D eigenvalue weighted by Gasteiger charge is -2.25. The Morgan fingerprint density at radius 1 is 1.44 bits per heavy atom. The van der Waals surface area contributed by atoms with Gasteiger partial charge in [0.25, 0.3) is 0 Å². The Bertz CT molecular complexity index is 362. The molecule has 0 aromatic carbocycles. The van der Waals surface area contributed by atoms with E-state index in [1.807, 2.05) is 13.0 Å². The van der Waals surface area contributed by atoms with Gasteiger partial charge in [0.05, 0.1) is 5.38 Å². The number of halogens is 2. The van der Waals surface area contributed by atoms with Crippen molar-refractivity contribution in [2.45, 2.75) is 31.1 Å². The van der Waals surface area contributed by atoms with E-state index in [4.69, 9.17) is 27.9 Å². The first-order chi connectivity index (χ1) is 7.70. The lowest BCUT2D eigenvalue weighted by Crippen LogP contribution is -2.16. The van der Waals surface area contributed by atoms with E-state index < -0.39 is 0 Å². The summed E-state index contributed by atoms with van der Waals surface area (Å²) in [6.45, 7) is 3.58. The lowest BCUT2D eigenvalue weighted by molar-refractivity contribution is 0.0851. The van der Waals surface area contributed by atoms with Crippen molar-refractivity contribution < 1.29 is 4.74 Å². The summed E-state index contributed by atoms with van der Waals surface area (Å²) in [6.07, 6.45) is 3.84. The lowest BCUT2D eigenvalue weighted by atomic mass is 9.88. The molecule has 0 saturated carbocycles. The Balaban J connectivity index is 2.34. The highest BCUT2D eigenvalue weighted by Crippen LogP contribution is 2.36. The number of ether oxygens (including phenoxy) is 1. The monoisotopic (exact) mass is 259 g/mol. The normalized spacial score (nSPS) is 19.7. The summed E-state index contributed by atoms with van der Waals surface area (Å²) in [6, 6.07) is 2.04. The summed E-state index contributed by atoms with van der Waals surface area (Å²) in [7, 11) is 0. The second kappa shape index (κ2) is 5.35. The zero-order valence-electron chi connectivity index (χ0n) is 9.25. The van der Waals surface area contributed by atoms with Crippen LogP contribution in [0.1, 0.15) is 42.2 Å². The van der Waals surface area contributed by atoms with Gasteiger partial charge in [0, 0.05) is 25.0 Å². The van der Waals surface area contributed by atoms with Crippen molar-refractivity contribution in [3.05, 3.63) is 28.5 Å². The van der Waals surface area contributed by atoms with Gasteiger partial charge in [-0.05, 0) is 37.3 Å². The quantitative estimate of drug-likeness (QED) is 0.593. The SMILES string of the molecule is CC(Cl)c1c(C2CCOCC2)ccnc1Cl. The van der Waals surface area contributed by atoms with E-state index in [9.17, 15) is 0 Å². The summed E-state index contributed by atoms with van der Waals surface area (Å²) in [5.74, 6) is 0.505.